The molecule has 0 radical (unpaired) electrons. The molecule has 0 aliphatic heterocycles. The van der Waals surface area contributed by atoms with E-state index >= 15 is 0 Å². The first-order valence-corrected chi connectivity index (χ1v) is 5.14. The van der Waals surface area contributed by atoms with Gasteiger partial charge in [-0.05, 0) is 0 Å². The van der Waals surface area contributed by atoms with Gasteiger partial charge in [-0.15, -0.1) is 0 Å². The van der Waals surface area contributed by atoms with Gasteiger partial charge in [0, 0.05) is 17.5 Å². The van der Waals surface area contributed by atoms with Crippen LogP contribution in [0.3, 0.4) is 0 Å². The molecule has 0 aliphatic carbocycles. The zero-order valence-electron chi connectivity index (χ0n) is 6.24. The Morgan fingerprint density at radius 1 is 1.64 bits per heavy atom. The molecule has 1 rings (SSSR count). The van der Waals surface area contributed by atoms with Crippen LogP contribution in [-0.2, 0) is 15.6 Å². The van der Waals surface area contributed by atoms with Crippen LogP contribution in [0.15, 0.2) is 12.4 Å². The lowest BCUT2D eigenvalue weighted by molar-refractivity contribution is 0.596. The van der Waals surface area contributed by atoms with Gasteiger partial charge in [0.15, 0.2) is 9.84 Å². The van der Waals surface area contributed by atoms with E-state index in [1.807, 2.05) is 0 Å². The van der Waals surface area contributed by atoms with Crippen LogP contribution in [-0.4, -0.2) is 24.4 Å². The van der Waals surface area contributed by atoms with Crippen molar-refractivity contribution in [3.05, 3.63) is 18.0 Å². The molecule has 1 N–H and O–H groups in total. The van der Waals surface area contributed by atoms with E-state index in [2.05, 4.69) is 10.2 Å². The number of H-pyrrole nitrogens is 1. The van der Waals surface area contributed by atoms with E-state index < -0.39 is 9.84 Å². The number of hydrogen-bond donors (Lipinski definition) is 1. The highest BCUT2D eigenvalue weighted by Crippen LogP contribution is 2.02. The number of nitrogens with one attached hydrogen (secondary N) is 1. The normalized spacial score (nSPS) is 11.7. The molecule has 1 heterocycles. The first-order chi connectivity index (χ1) is 5.14. The van der Waals surface area contributed by atoms with Crippen LogP contribution in [0.2, 0.25) is 0 Å². The Morgan fingerprint density at radius 2 is 2.36 bits per heavy atom. The molecule has 1 aromatic heterocycles. The Hall–Kier alpha value is -0.840. The molecular formula is C6H10N2O2S. The summed E-state index contributed by atoms with van der Waals surface area (Å²) in [4.78, 5) is 0. The molecule has 0 fully saturated rings. The van der Waals surface area contributed by atoms with Crippen molar-refractivity contribution in [3.8, 4) is 0 Å². The highest BCUT2D eigenvalue weighted by atomic mass is 32.2. The van der Waals surface area contributed by atoms with Crippen LogP contribution in [0.4, 0.5) is 0 Å². The van der Waals surface area contributed by atoms with Gasteiger partial charge >= 0.3 is 0 Å². The number of aromatic amines is 1. The van der Waals surface area contributed by atoms with Crippen molar-refractivity contribution in [3.63, 3.8) is 0 Å². The molecule has 0 unspecified atom stereocenters. The predicted molar refractivity (Wildman–Crippen MR) is 41.8 cm³/mol. The molecule has 0 saturated heterocycles. The molecule has 4 nitrogen and oxygen atoms in total. The van der Waals surface area contributed by atoms with E-state index in [1.54, 1.807) is 13.1 Å². The molecule has 62 valence electrons. The van der Waals surface area contributed by atoms with Crippen LogP contribution in [0.1, 0.15) is 12.5 Å². The molecule has 1 aromatic rings. The van der Waals surface area contributed by atoms with E-state index in [0.29, 0.717) is 5.56 Å². The average molecular weight is 174 g/mol. The molecule has 0 spiro atoms. The largest absolute Gasteiger partial charge is 0.285 e. The number of rotatable bonds is 3. The first-order valence-electron chi connectivity index (χ1n) is 3.32. The lowest BCUT2D eigenvalue weighted by Gasteiger charge is -1.95. The fourth-order valence-electron chi connectivity index (χ4n) is 0.713. The van der Waals surface area contributed by atoms with Gasteiger partial charge in [0.05, 0.1) is 11.9 Å². The Morgan fingerprint density at radius 3 is 2.82 bits per heavy atom. The monoisotopic (exact) mass is 174 g/mol. The third kappa shape index (κ3) is 2.34. The quantitative estimate of drug-likeness (QED) is 0.719. The molecule has 0 bridgehead atoms. The smallest absolute Gasteiger partial charge is 0.154 e. The summed E-state index contributed by atoms with van der Waals surface area (Å²) in [6, 6.07) is 0. The van der Waals surface area contributed by atoms with Gasteiger partial charge < -0.3 is 0 Å². The van der Waals surface area contributed by atoms with Crippen molar-refractivity contribution < 1.29 is 8.42 Å². The summed E-state index contributed by atoms with van der Waals surface area (Å²) in [5.41, 5.74) is 0.715. The second-order valence-corrected chi connectivity index (χ2v) is 4.64. The minimum absolute atomic E-state index is 0.0833. The second-order valence-electron chi connectivity index (χ2n) is 2.28. The minimum atomic E-state index is -2.90. The van der Waals surface area contributed by atoms with Crippen molar-refractivity contribution in [1.29, 1.82) is 0 Å². The van der Waals surface area contributed by atoms with Crippen LogP contribution in [0.5, 0.6) is 0 Å². The highest BCUT2D eigenvalue weighted by molar-refractivity contribution is 7.90. The molecule has 0 saturated carbocycles. The fraction of sp³-hybridized carbons (Fsp3) is 0.500. The van der Waals surface area contributed by atoms with Gasteiger partial charge in [0.1, 0.15) is 0 Å². The van der Waals surface area contributed by atoms with Crippen LogP contribution < -0.4 is 0 Å². The average Bonchev–Trinajstić information content (AvgIpc) is 2.39. The number of sulfone groups is 1. The summed E-state index contributed by atoms with van der Waals surface area (Å²) in [5, 5.41) is 6.21. The topological polar surface area (TPSA) is 62.8 Å². The lowest BCUT2D eigenvalue weighted by Crippen LogP contribution is -2.05. The van der Waals surface area contributed by atoms with Crippen molar-refractivity contribution in [1.82, 2.24) is 10.2 Å². The van der Waals surface area contributed by atoms with E-state index in [1.165, 1.54) is 6.20 Å². The van der Waals surface area contributed by atoms with Crippen LogP contribution in [0.25, 0.3) is 0 Å². The van der Waals surface area contributed by atoms with E-state index in [-0.39, 0.29) is 11.5 Å². The SMILES string of the molecule is CCS(=O)(=O)Cc1cn[nH]c1. The third-order valence-electron chi connectivity index (χ3n) is 1.38. The zero-order valence-corrected chi connectivity index (χ0v) is 7.06. The minimum Gasteiger partial charge on any atom is -0.285 e. The lowest BCUT2D eigenvalue weighted by atomic mass is 10.4. The van der Waals surface area contributed by atoms with Gasteiger partial charge in [-0.1, -0.05) is 6.92 Å². The van der Waals surface area contributed by atoms with Crippen molar-refractivity contribution >= 4 is 9.84 Å². The van der Waals surface area contributed by atoms with Gasteiger partial charge in [-0.25, -0.2) is 8.42 Å². The van der Waals surface area contributed by atoms with Crippen molar-refractivity contribution in [2.75, 3.05) is 5.75 Å². The molecule has 0 aromatic carbocycles. The molecule has 11 heavy (non-hydrogen) atoms. The number of aromatic nitrogens is 2. The zero-order chi connectivity index (χ0) is 8.32. The molecule has 5 heteroatoms. The first kappa shape index (κ1) is 8.26. The number of hydrogen-bond acceptors (Lipinski definition) is 3. The summed E-state index contributed by atoms with van der Waals surface area (Å²) in [7, 11) is -2.90. The molecule has 0 amide bonds. The molecular weight excluding hydrogens is 164 g/mol. The van der Waals surface area contributed by atoms with Crippen LogP contribution in [0, 0.1) is 0 Å². The fourth-order valence-corrected chi connectivity index (χ4v) is 1.58. The summed E-state index contributed by atoms with van der Waals surface area (Å²) in [6.45, 7) is 1.63. The van der Waals surface area contributed by atoms with Gasteiger partial charge in [0.2, 0.25) is 0 Å². The summed E-state index contributed by atoms with van der Waals surface area (Å²) >= 11 is 0. The van der Waals surface area contributed by atoms with Crippen molar-refractivity contribution in [2.24, 2.45) is 0 Å². The summed E-state index contributed by atoms with van der Waals surface area (Å²) in [5.74, 6) is 0.262. The summed E-state index contributed by atoms with van der Waals surface area (Å²) < 4.78 is 22.0. The Kier molecular flexibility index (Phi) is 2.28. The van der Waals surface area contributed by atoms with Crippen LogP contribution >= 0.6 is 0 Å². The second kappa shape index (κ2) is 3.04. The Labute approximate surface area is 65.5 Å². The molecule has 0 aliphatic rings. The number of nitrogens with zero attached hydrogens (tertiary/aromatic N) is 1. The Balaban J connectivity index is 2.72. The van der Waals surface area contributed by atoms with Gasteiger partial charge in [0.25, 0.3) is 0 Å². The standard InChI is InChI=1S/C6H10N2O2S/c1-2-11(9,10)5-6-3-7-8-4-6/h3-4H,2,5H2,1H3,(H,7,8). The Bertz CT molecular complexity index is 301. The van der Waals surface area contributed by atoms with E-state index in [4.69, 9.17) is 0 Å². The third-order valence-corrected chi connectivity index (χ3v) is 3.03. The van der Waals surface area contributed by atoms with Gasteiger partial charge in [-0.3, -0.25) is 5.10 Å². The maximum Gasteiger partial charge on any atom is 0.154 e. The van der Waals surface area contributed by atoms with Gasteiger partial charge in [-0.2, -0.15) is 5.10 Å². The predicted octanol–water partition coefficient (Wildman–Crippen LogP) is 0.344. The van der Waals surface area contributed by atoms with Crippen molar-refractivity contribution in [2.45, 2.75) is 12.7 Å². The van der Waals surface area contributed by atoms with E-state index in [9.17, 15) is 8.42 Å². The molecule has 0 atom stereocenters. The highest BCUT2D eigenvalue weighted by Gasteiger charge is 2.08. The van der Waals surface area contributed by atoms with E-state index in [0.717, 1.165) is 0 Å². The maximum atomic E-state index is 11.0. The maximum absolute atomic E-state index is 11.0. The summed E-state index contributed by atoms with van der Waals surface area (Å²) in [6.07, 6.45) is 3.11.